The predicted octanol–water partition coefficient (Wildman–Crippen LogP) is 2.40. The summed E-state index contributed by atoms with van der Waals surface area (Å²) in [6.07, 6.45) is 3.59. The molecule has 0 saturated heterocycles. The molecule has 9 heteroatoms. The van der Waals surface area contributed by atoms with Crippen LogP contribution < -0.4 is 21.1 Å². The number of carbonyl (C=O) groups is 2. The number of anilines is 1. The maximum atomic E-state index is 12.6. The van der Waals surface area contributed by atoms with Gasteiger partial charge in [-0.2, -0.15) is 0 Å². The summed E-state index contributed by atoms with van der Waals surface area (Å²) < 4.78 is 5.50. The number of methoxy groups -OCH3 is 1. The number of carbonyl (C=O) groups excluding carboxylic acids is 2. The minimum Gasteiger partial charge on any atom is -0.496 e. The van der Waals surface area contributed by atoms with Crippen LogP contribution in [-0.2, 0) is 0 Å². The molecule has 1 saturated carbocycles. The van der Waals surface area contributed by atoms with E-state index >= 15 is 0 Å². The Morgan fingerprint density at radius 3 is 2.71 bits per heavy atom. The predicted molar refractivity (Wildman–Crippen MR) is 108 cm³/mol. The molecular formula is C19H19N5O3S. The number of ether oxygens (including phenoxy) is 1. The SMILES string of the molecule is CNc1c(C(=O)NC2CC2)cnc2cc(OC)c(-c3nc(C(N)=O)cs3)cc12. The molecule has 0 aliphatic heterocycles. The molecule has 1 aliphatic rings. The number of fused-ring (bicyclic) bond motifs is 1. The standard InChI is InChI=1S/C19H19N5O3S/c1-21-16-10-5-11(19-24-14(8-28-19)17(20)25)15(27-2)6-13(10)22-7-12(16)18(26)23-9-3-4-9/h5-9H,3-4H2,1-2H3,(H2,20,25)(H,21,22)(H,23,26). The van der Waals surface area contributed by atoms with Crippen molar-refractivity contribution in [3.05, 3.63) is 35.0 Å². The quantitative estimate of drug-likeness (QED) is 0.588. The lowest BCUT2D eigenvalue weighted by Gasteiger charge is -2.14. The minimum atomic E-state index is -0.584. The second-order valence-corrected chi connectivity index (χ2v) is 7.37. The second-order valence-electron chi connectivity index (χ2n) is 6.52. The van der Waals surface area contributed by atoms with Gasteiger partial charge in [-0.1, -0.05) is 0 Å². The average Bonchev–Trinajstić information content (AvgIpc) is 3.36. The Kier molecular flexibility index (Phi) is 4.60. The Morgan fingerprint density at radius 2 is 2.11 bits per heavy atom. The first-order valence-corrected chi connectivity index (χ1v) is 9.65. The van der Waals surface area contributed by atoms with Gasteiger partial charge in [-0.05, 0) is 18.9 Å². The van der Waals surface area contributed by atoms with Crippen LogP contribution in [0, 0.1) is 0 Å². The number of primary amides is 1. The molecule has 2 aromatic heterocycles. The van der Waals surface area contributed by atoms with E-state index in [0.29, 0.717) is 33.1 Å². The highest BCUT2D eigenvalue weighted by Crippen LogP contribution is 2.38. The summed E-state index contributed by atoms with van der Waals surface area (Å²) in [6.45, 7) is 0. The number of nitrogens with zero attached hydrogens (tertiary/aromatic N) is 2. The van der Waals surface area contributed by atoms with Gasteiger partial charge in [-0.15, -0.1) is 11.3 Å². The van der Waals surface area contributed by atoms with Crippen molar-refractivity contribution in [2.45, 2.75) is 18.9 Å². The molecule has 144 valence electrons. The molecule has 0 spiro atoms. The van der Waals surface area contributed by atoms with E-state index in [0.717, 1.165) is 18.2 Å². The summed E-state index contributed by atoms with van der Waals surface area (Å²) in [5.74, 6) is -0.162. The third-order valence-electron chi connectivity index (χ3n) is 4.58. The van der Waals surface area contributed by atoms with E-state index in [1.165, 1.54) is 11.3 Å². The molecule has 0 atom stereocenters. The molecule has 1 fully saturated rings. The van der Waals surface area contributed by atoms with Gasteiger partial charge in [0.25, 0.3) is 11.8 Å². The highest BCUT2D eigenvalue weighted by molar-refractivity contribution is 7.13. The largest absolute Gasteiger partial charge is 0.496 e. The minimum absolute atomic E-state index is 0.149. The van der Waals surface area contributed by atoms with E-state index in [1.54, 1.807) is 31.8 Å². The van der Waals surface area contributed by atoms with Crippen molar-refractivity contribution in [1.82, 2.24) is 15.3 Å². The van der Waals surface area contributed by atoms with Gasteiger partial charge in [0.2, 0.25) is 0 Å². The van der Waals surface area contributed by atoms with Crippen LogP contribution in [0.15, 0.2) is 23.7 Å². The van der Waals surface area contributed by atoms with Crippen molar-refractivity contribution in [2.75, 3.05) is 19.5 Å². The zero-order chi connectivity index (χ0) is 19.8. The number of amides is 2. The Labute approximate surface area is 165 Å². The summed E-state index contributed by atoms with van der Waals surface area (Å²) in [4.78, 5) is 32.7. The first kappa shape index (κ1) is 18.2. The number of thiazole rings is 1. The van der Waals surface area contributed by atoms with Crippen LogP contribution in [0.1, 0.15) is 33.7 Å². The maximum Gasteiger partial charge on any atom is 0.268 e. The third-order valence-corrected chi connectivity index (χ3v) is 5.46. The number of nitrogens with one attached hydrogen (secondary N) is 2. The van der Waals surface area contributed by atoms with Gasteiger partial charge in [0.05, 0.1) is 29.4 Å². The van der Waals surface area contributed by atoms with Gasteiger partial charge < -0.3 is 21.1 Å². The summed E-state index contributed by atoms with van der Waals surface area (Å²) in [5, 5.41) is 9.08. The van der Waals surface area contributed by atoms with Crippen molar-refractivity contribution >= 4 is 39.7 Å². The molecule has 8 nitrogen and oxygen atoms in total. The zero-order valence-electron chi connectivity index (χ0n) is 15.4. The monoisotopic (exact) mass is 397 g/mol. The third kappa shape index (κ3) is 3.24. The number of hydrogen-bond acceptors (Lipinski definition) is 7. The lowest BCUT2D eigenvalue weighted by atomic mass is 10.0. The topological polar surface area (TPSA) is 119 Å². The molecule has 4 N–H and O–H groups in total. The molecule has 1 aliphatic carbocycles. The molecule has 2 amide bonds. The number of hydrogen-bond donors (Lipinski definition) is 3. The second kappa shape index (κ2) is 7.08. The van der Waals surface area contributed by atoms with E-state index in [-0.39, 0.29) is 17.6 Å². The molecule has 0 unspecified atom stereocenters. The summed E-state index contributed by atoms with van der Waals surface area (Å²) in [7, 11) is 3.32. The first-order chi connectivity index (χ1) is 13.5. The van der Waals surface area contributed by atoms with E-state index in [4.69, 9.17) is 10.5 Å². The smallest absolute Gasteiger partial charge is 0.268 e. The molecule has 0 bridgehead atoms. The number of rotatable bonds is 6. The molecule has 28 heavy (non-hydrogen) atoms. The van der Waals surface area contributed by atoms with Gasteiger partial charge in [-0.3, -0.25) is 14.6 Å². The van der Waals surface area contributed by atoms with E-state index in [9.17, 15) is 9.59 Å². The summed E-state index contributed by atoms with van der Waals surface area (Å²) in [5.41, 5.74) is 8.06. The Morgan fingerprint density at radius 1 is 1.32 bits per heavy atom. The molecule has 4 rings (SSSR count). The van der Waals surface area contributed by atoms with Gasteiger partial charge in [0.1, 0.15) is 16.5 Å². The van der Waals surface area contributed by atoms with Crippen LogP contribution in [0.5, 0.6) is 5.75 Å². The fraction of sp³-hybridized carbons (Fsp3) is 0.263. The highest BCUT2D eigenvalue weighted by Gasteiger charge is 2.26. The number of pyridine rings is 1. The number of benzene rings is 1. The van der Waals surface area contributed by atoms with Gasteiger partial charge >= 0.3 is 0 Å². The average molecular weight is 397 g/mol. The Hall–Kier alpha value is -3.20. The van der Waals surface area contributed by atoms with Gasteiger partial charge in [0.15, 0.2) is 0 Å². The van der Waals surface area contributed by atoms with Gasteiger partial charge in [-0.25, -0.2) is 4.98 Å². The Balaban J connectivity index is 1.87. The zero-order valence-corrected chi connectivity index (χ0v) is 16.2. The van der Waals surface area contributed by atoms with Crippen molar-refractivity contribution in [2.24, 2.45) is 5.73 Å². The molecule has 1 aromatic carbocycles. The number of aromatic nitrogens is 2. The maximum absolute atomic E-state index is 12.6. The Bertz CT molecular complexity index is 1090. The van der Waals surface area contributed by atoms with E-state index in [1.807, 2.05) is 6.07 Å². The molecule has 0 radical (unpaired) electrons. The van der Waals surface area contributed by atoms with Crippen LogP contribution in [0.2, 0.25) is 0 Å². The molecular weight excluding hydrogens is 378 g/mol. The van der Waals surface area contributed by atoms with Crippen LogP contribution in [0.3, 0.4) is 0 Å². The summed E-state index contributed by atoms with van der Waals surface area (Å²) in [6, 6.07) is 3.91. The van der Waals surface area contributed by atoms with Crippen LogP contribution >= 0.6 is 11.3 Å². The normalized spacial score (nSPS) is 13.4. The van der Waals surface area contributed by atoms with Crippen molar-refractivity contribution < 1.29 is 14.3 Å². The lowest BCUT2D eigenvalue weighted by Crippen LogP contribution is -2.26. The van der Waals surface area contributed by atoms with E-state index in [2.05, 4.69) is 20.6 Å². The molecule has 2 heterocycles. The van der Waals surface area contributed by atoms with Crippen LogP contribution in [0.25, 0.3) is 21.5 Å². The summed E-state index contributed by atoms with van der Waals surface area (Å²) >= 11 is 1.30. The number of nitrogens with two attached hydrogens (primary N) is 1. The van der Waals surface area contributed by atoms with Crippen LogP contribution in [0.4, 0.5) is 5.69 Å². The highest BCUT2D eigenvalue weighted by atomic mass is 32.1. The van der Waals surface area contributed by atoms with Crippen molar-refractivity contribution in [1.29, 1.82) is 0 Å². The molecule has 3 aromatic rings. The lowest BCUT2D eigenvalue weighted by molar-refractivity contribution is 0.0950. The fourth-order valence-electron chi connectivity index (χ4n) is 3.00. The van der Waals surface area contributed by atoms with Crippen molar-refractivity contribution in [3.8, 4) is 16.3 Å². The van der Waals surface area contributed by atoms with Crippen LogP contribution in [-0.4, -0.2) is 42.0 Å². The first-order valence-electron chi connectivity index (χ1n) is 8.77. The van der Waals surface area contributed by atoms with Crippen molar-refractivity contribution in [3.63, 3.8) is 0 Å². The van der Waals surface area contributed by atoms with E-state index < -0.39 is 5.91 Å². The van der Waals surface area contributed by atoms with Gasteiger partial charge in [0, 0.05) is 36.1 Å². The fourth-order valence-corrected chi connectivity index (χ4v) is 3.83.